The van der Waals surface area contributed by atoms with Crippen molar-refractivity contribution in [3.05, 3.63) is 102 Å². The van der Waals surface area contributed by atoms with Crippen LogP contribution in [-0.2, 0) is 6.54 Å². The Bertz CT molecular complexity index is 1070. The lowest BCUT2D eigenvalue weighted by molar-refractivity contribution is 0.218. The molecule has 2 amide bonds. The molecule has 4 heteroatoms. The number of carbonyl (C=O) groups excluding carboxylic acids is 1. The molecule has 3 aromatic rings. The summed E-state index contributed by atoms with van der Waals surface area (Å²) in [6.45, 7) is 9.93. The Labute approximate surface area is 190 Å². The van der Waals surface area contributed by atoms with Crippen molar-refractivity contribution in [2.45, 2.75) is 32.4 Å². The molecule has 0 spiro atoms. The molecule has 1 saturated heterocycles. The number of benzene rings is 3. The van der Waals surface area contributed by atoms with E-state index in [0.717, 1.165) is 28.1 Å². The zero-order chi connectivity index (χ0) is 22.7. The van der Waals surface area contributed by atoms with Gasteiger partial charge in [0.15, 0.2) is 0 Å². The fourth-order valence-electron chi connectivity index (χ4n) is 4.16. The maximum absolute atomic E-state index is 13.5. The van der Waals surface area contributed by atoms with Gasteiger partial charge in [-0.2, -0.15) is 0 Å². The zero-order valence-electron chi connectivity index (χ0n) is 19.0. The molecular weight excluding hydrogens is 396 g/mol. The number of anilines is 1. The number of hydrogen-bond donors (Lipinski definition) is 0. The van der Waals surface area contributed by atoms with Crippen molar-refractivity contribution in [1.82, 2.24) is 4.90 Å². The van der Waals surface area contributed by atoms with Crippen LogP contribution >= 0.6 is 0 Å². The van der Waals surface area contributed by atoms with Crippen molar-refractivity contribution < 1.29 is 9.53 Å². The van der Waals surface area contributed by atoms with Crippen LogP contribution < -0.4 is 9.64 Å². The highest BCUT2D eigenvalue weighted by molar-refractivity contribution is 5.98. The van der Waals surface area contributed by atoms with E-state index in [4.69, 9.17) is 4.74 Å². The van der Waals surface area contributed by atoms with Gasteiger partial charge in [0.25, 0.3) is 0 Å². The molecule has 1 heterocycles. The highest BCUT2D eigenvalue weighted by atomic mass is 16.5. The number of hydrogen-bond acceptors (Lipinski definition) is 2. The minimum absolute atomic E-state index is 0.00281. The van der Waals surface area contributed by atoms with Crippen molar-refractivity contribution in [2.24, 2.45) is 0 Å². The van der Waals surface area contributed by atoms with E-state index in [1.54, 1.807) is 7.11 Å². The van der Waals surface area contributed by atoms with Gasteiger partial charge in [0.05, 0.1) is 13.2 Å². The van der Waals surface area contributed by atoms with Crippen LogP contribution in [0.2, 0.25) is 0 Å². The van der Waals surface area contributed by atoms with Gasteiger partial charge in [0, 0.05) is 18.8 Å². The Kier molecular flexibility index (Phi) is 6.31. The lowest BCUT2D eigenvalue weighted by atomic mass is 9.95. The summed E-state index contributed by atoms with van der Waals surface area (Å²) in [5.41, 5.74) is 5.28. The van der Waals surface area contributed by atoms with Gasteiger partial charge in [-0.1, -0.05) is 75.0 Å². The van der Waals surface area contributed by atoms with E-state index >= 15 is 0 Å². The summed E-state index contributed by atoms with van der Waals surface area (Å²) in [6.07, 6.45) is 0. The van der Waals surface area contributed by atoms with Gasteiger partial charge in [0.2, 0.25) is 0 Å². The molecule has 0 bridgehead atoms. The third kappa shape index (κ3) is 4.40. The van der Waals surface area contributed by atoms with Crippen LogP contribution in [0.25, 0.3) is 5.57 Å². The molecule has 1 unspecified atom stereocenters. The number of urea groups is 1. The summed E-state index contributed by atoms with van der Waals surface area (Å²) in [5.74, 6) is 1.29. The predicted molar refractivity (Wildman–Crippen MR) is 131 cm³/mol. The standard InChI is InChI=1S/C28H30N2O2/c1-20(2)23-12-14-24(15-13-23)21(3)27-19-29(18-22-10-16-26(32-4)17-11-22)28(31)30(27)25-8-6-5-7-9-25/h5-17,20,27H,3,18-19H2,1-2,4H3. The van der Waals surface area contributed by atoms with E-state index in [9.17, 15) is 4.79 Å². The van der Waals surface area contributed by atoms with Gasteiger partial charge in [-0.25, -0.2) is 4.79 Å². The molecular formula is C28H30N2O2. The van der Waals surface area contributed by atoms with Crippen LogP contribution in [0.4, 0.5) is 10.5 Å². The van der Waals surface area contributed by atoms with Crippen molar-refractivity contribution in [2.75, 3.05) is 18.6 Å². The maximum Gasteiger partial charge on any atom is 0.325 e. The van der Waals surface area contributed by atoms with Crippen molar-refractivity contribution in [3.8, 4) is 5.75 Å². The third-order valence-corrected chi connectivity index (χ3v) is 6.10. The lowest BCUT2D eigenvalue weighted by Crippen LogP contribution is -2.35. The topological polar surface area (TPSA) is 32.8 Å². The van der Waals surface area contributed by atoms with Crippen LogP contribution in [0.1, 0.15) is 36.5 Å². The first-order chi connectivity index (χ1) is 15.5. The second kappa shape index (κ2) is 9.31. The second-order valence-electron chi connectivity index (χ2n) is 8.53. The molecule has 1 fully saturated rings. The molecule has 0 aliphatic carbocycles. The van der Waals surface area contributed by atoms with Gasteiger partial charge in [-0.3, -0.25) is 4.90 Å². The largest absolute Gasteiger partial charge is 0.497 e. The lowest BCUT2D eigenvalue weighted by Gasteiger charge is -2.25. The summed E-state index contributed by atoms with van der Waals surface area (Å²) in [4.78, 5) is 17.3. The van der Waals surface area contributed by atoms with E-state index in [-0.39, 0.29) is 12.1 Å². The monoisotopic (exact) mass is 426 g/mol. The Hall–Kier alpha value is -3.53. The molecule has 0 aromatic heterocycles. The first-order valence-electron chi connectivity index (χ1n) is 11.0. The molecule has 0 saturated carbocycles. The first kappa shape index (κ1) is 21.7. The molecule has 1 aliphatic rings. The highest BCUT2D eigenvalue weighted by Gasteiger charge is 2.39. The molecule has 164 valence electrons. The summed E-state index contributed by atoms with van der Waals surface area (Å²) in [7, 11) is 1.65. The Balaban J connectivity index is 1.62. The van der Waals surface area contributed by atoms with Gasteiger partial charge in [-0.05, 0) is 52.4 Å². The van der Waals surface area contributed by atoms with E-state index in [2.05, 4.69) is 44.7 Å². The normalized spacial score (nSPS) is 16.0. The predicted octanol–water partition coefficient (Wildman–Crippen LogP) is 6.34. The molecule has 3 aromatic carbocycles. The number of nitrogens with zero attached hydrogens (tertiary/aromatic N) is 2. The van der Waals surface area contributed by atoms with Gasteiger partial charge < -0.3 is 9.64 Å². The number of ether oxygens (including phenoxy) is 1. The zero-order valence-corrected chi connectivity index (χ0v) is 19.0. The van der Waals surface area contributed by atoms with Crippen molar-refractivity contribution in [1.29, 1.82) is 0 Å². The van der Waals surface area contributed by atoms with Crippen LogP contribution in [0.3, 0.4) is 0 Å². The number of carbonyl (C=O) groups is 1. The molecule has 0 N–H and O–H groups in total. The van der Waals surface area contributed by atoms with Crippen LogP contribution in [0.15, 0.2) is 85.4 Å². The van der Waals surface area contributed by atoms with E-state index < -0.39 is 0 Å². The minimum atomic E-state index is -0.131. The highest BCUT2D eigenvalue weighted by Crippen LogP contribution is 2.33. The average Bonchev–Trinajstić information content (AvgIpc) is 3.15. The molecule has 0 radical (unpaired) electrons. The Morgan fingerprint density at radius 3 is 2.25 bits per heavy atom. The van der Waals surface area contributed by atoms with Gasteiger partial charge >= 0.3 is 6.03 Å². The van der Waals surface area contributed by atoms with Crippen LogP contribution in [0.5, 0.6) is 5.75 Å². The van der Waals surface area contributed by atoms with Gasteiger partial charge in [0.1, 0.15) is 5.75 Å². The smallest absolute Gasteiger partial charge is 0.325 e. The SMILES string of the molecule is C=C(c1ccc(C(C)C)cc1)C1CN(Cc2ccc(OC)cc2)C(=O)N1c1ccccc1. The average molecular weight is 427 g/mol. The molecule has 4 nitrogen and oxygen atoms in total. The summed E-state index contributed by atoms with van der Waals surface area (Å²) in [5, 5.41) is 0. The van der Waals surface area contributed by atoms with E-state index in [1.807, 2.05) is 64.4 Å². The summed E-state index contributed by atoms with van der Waals surface area (Å²) < 4.78 is 5.26. The first-order valence-corrected chi connectivity index (χ1v) is 11.0. The van der Waals surface area contributed by atoms with Gasteiger partial charge in [-0.15, -0.1) is 0 Å². The molecule has 1 atom stereocenters. The Morgan fingerprint density at radius 2 is 1.66 bits per heavy atom. The second-order valence-corrected chi connectivity index (χ2v) is 8.53. The molecule has 32 heavy (non-hydrogen) atoms. The number of rotatable bonds is 7. The molecule has 4 rings (SSSR count). The number of methoxy groups -OCH3 is 1. The van der Waals surface area contributed by atoms with Crippen molar-refractivity contribution in [3.63, 3.8) is 0 Å². The van der Waals surface area contributed by atoms with Crippen molar-refractivity contribution >= 4 is 17.3 Å². The fraction of sp³-hybridized carbons (Fsp3) is 0.250. The van der Waals surface area contributed by atoms with Crippen LogP contribution in [0, 0.1) is 0 Å². The fourth-order valence-corrected chi connectivity index (χ4v) is 4.16. The summed E-state index contributed by atoms with van der Waals surface area (Å²) in [6, 6.07) is 26.2. The Morgan fingerprint density at radius 1 is 1.00 bits per heavy atom. The molecule has 1 aliphatic heterocycles. The minimum Gasteiger partial charge on any atom is -0.497 e. The van der Waals surface area contributed by atoms with E-state index in [0.29, 0.717) is 19.0 Å². The maximum atomic E-state index is 13.5. The van der Waals surface area contributed by atoms with E-state index in [1.165, 1.54) is 5.56 Å². The quantitative estimate of drug-likeness (QED) is 0.441. The third-order valence-electron chi connectivity index (χ3n) is 6.10. The number of para-hydroxylation sites is 1. The van der Waals surface area contributed by atoms with Crippen LogP contribution in [-0.4, -0.2) is 30.6 Å². The summed E-state index contributed by atoms with van der Waals surface area (Å²) >= 11 is 0. The number of amides is 2.